The summed E-state index contributed by atoms with van der Waals surface area (Å²) in [4.78, 5) is 20.2. The van der Waals surface area contributed by atoms with Crippen LogP contribution in [0.4, 0.5) is 0 Å². The van der Waals surface area contributed by atoms with Crippen molar-refractivity contribution < 1.29 is 9.32 Å². The number of halogens is 1. The maximum atomic E-state index is 11.9. The summed E-state index contributed by atoms with van der Waals surface area (Å²) < 4.78 is 6.36. The van der Waals surface area contributed by atoms with Crippen molar-refractivity contribution in [1.82, 2.24) is 20.4 Å². The van der Waals surface area contributed by atoms with Crippen molar-refractivity contribution in [3.05, 3.63) is 63.8 Å². The normalized spacial score (nSPS) is 10.5. The van der Waals surface area contributed by atoms with Gasteiger partial charge in [0.1, 0.15) is 0 Å². The molecule has 1 N–H and O–H groups in total. The second-order valence-electron chi connectivity index (χ2n) is 5.15. The predicted octanol–water partition coefficient (Wildman–Crippen LogP) is 2.99. The summed E-state index contributed by atoms with van der Waals surface area (Å²) in [5, 5.41) is 6.82. The molecule has 0 aliphatic heterocycles. The largest absolute Gasteiger partial charge is 0.352 e. The lowest BCUT2D eigenvalue weighted by molar-refractivity contribution is -0.121. The van der Waals surface area contributed by atoms with Crippen LogP contribution < -0.4 is 5.32 Å². The minimum atomic E-state index is -0.0548. The number of nitrogens with zero attached hydrogens (tertiary/aromatic N) is 3. The maximum absolute atomic E-state index is 11.9. The van der Waals surface area contributed by atoms with Crippen LogP contribution in [0.5, 0.6) is 0 Å². The molecule has 0 saturated carbocycles. The average Bonchev–Trinajstić information content (AvgIpc) is 3.09. The Labute approximate surface area is 152 Å². The van der Waals surface area contributed by atoms with Crippen LogP contribution in [-0.2, 0) is 17.8 Å². The molecule has 7 heteroatoms. The molecule has 0 radical (unpaired) electrons. The Morgan fingerprint density at radius 2 is 1.88 bits per heavy atom. The fraction of sp³-hybridized carbons (Fsp3) is 0.176. The van der Waals surface area contributed by atoms with Gasteiger partial charge in [-0.2, -0.15) is 4.98 Å². The van der Waals surface area contributed by atoms with Gasteiger partial charge in [-0.05, 0) is 52.4 Å². The molecule has 0 saturated heterocycles. The van der Waals surface area contributed by atoms with E-state index in [9.17, 15) is 4.79 Å². The number of hydrogen-bond acceptors (Lipinski definition) is 5. The number of benzene rings is 1. The molecule has 2 aromatic heterocycles. The minimum absolute atomic E-state index is 0.0548. The van der Waals surface area contributed by atoms with Crippen LogP contribution in [0.25, 0.3) is 11.4 Å². The van der Waals surface area contributed by atoms with Gasteiger partial charge >= 0.3 is 0 Å². The highest BCUT2D eigenvalue weighted by Crippen LogP contribution is 2.17. The second-order valence-corrected chi connectivity index (χ2v) is 6.40. The van der Waals surface area contributed by atoms with Gasteiger partial charge in [-0.3, -0.25) is 9.78 Å². The molecule has 0 unspecified atom stereocenters. The summed E-state index contributed by atoms with van der Waals surface area (Å²) in [6.45, 7) is 0.485. The Hall–Kier alpha value is -2.29. The van der Waals surface area contributed by atoms with Crippen LogP contribution in [0.1, 0.15) is 17.9 Å². The SMILES string of the molecule is O=C(CCc1nc(-c2ccc(I)cc2)no1)NCc1ccncc1. The first-order valence-electron chi connectivity index (χ1n) is 7.45. The van der Waals surface area contributed by atoms with E-state index >= 15 is 0 Å². The highest BCUT2D eigenvalue weighted by Gasteiger charge is 2.10. The molecule has 6 nitrogen and oxygen atoms in total. The van der Waals surface area contributed by atoms with Crippen LogP contribution in [0.3, 0.4) is 0 Å². The highest BCUT2D eigenvalue weighted by molar-refractivity contribution is 14.1. The number of pyridine rings is 1. The third kappa shape index (κ3) is 4.60. The molecule has 2 heterocycles. The number of amides is 1. The van der Waals surface area contributed by atoms with Crippen molar-refractivity contribution in [2.75, 3.05) is 0 Å². The molecular weight excluding hydrogens is 419 g/mol. The van der Waals surface area contributed by atoms with Crippen LogP contribution >= 0.6 is 22.6 Å². The van der Waals surface area contributed by atoms with Crippen LogP contribution in [0.15, 0.2) is 53.3 Å². The van der Waals surface area contributed by atoms with Crippen LogP contribution in [-0.4, -0.2) is 21.0 Å². The third-order valence-corrected chi connectivity index (χ3v) is 4.09. The summed E-state index contributed by atoms with van der Waals surface area (Å²) in [7, 11) is 0. The number of nitrogens with one attached hydrogen (secondary N) is 1. The molecule has 0 bridgehead atoms. The van der Waals surface area contributed by atoms with Gasteiger partial charge in [-0.1, -0.05) is 17.3 Å². The van der Waals surface area contributed by atoms with Gasteiger partial charge in [0.05, 0.1) is 0 Å². The number of hydrogen-bond donors (Lipinski definition) is 1. The third-order valence-electron chi connectivity index (χ3n) is 3.38. The monoisotopic (exact) mass is 434 g/mol. The Kier molecular flexibility index (Phi) is 5.52. The first-order valence-corrected chi connectivity index (χ1v) is 8.53. The second kappa shape index (κ2) is 8.00. The number of aryl methyl sites for hydroxylation is 1. The van der Waals surface area contributed by atoms with E-state index in [4.69, 9.17) is 4.52 Å². The van der Waals surface area contributed by atoms with E-state index < -0.39 is 0 Å². The first-order chi connectivity index (χ1) is 11.7. The molecule has 0 aliphatic rings. The lowest BCUT2D eigenvalue weighted by Gasteiger charge is -2.03. The molecule has 1 amide bonds. The summed E-state index contributed by atoms with van der Waals surface area (Å²) in [6.07, 6.45) is 4.12. The molecule has 3 aromatic rings. The van der Waals surface area contributed by atoms with Crippen molar-refractivity contribution in [3.63, 3.8) is 0 Å². The summed E-state index contributed by atoms with van der Waals surface area (Å²) >= 11 is 2.24. The van der Waals surface area contributed by atoms with E-state index in [-0.39, 0.29) is 5.91 Å². The van der Waals surface area contributed by atoms with E-state index in [2.05, 4.69) is 43.0 Å². The number of rotatable bonds is 6. The lowest BCUT2D eigenvalue weighted by atomic mass is 10.2. The van der Waals surface area contributed by atoms with Crippen molar-refractivity contribution in [2.45, 2.75) is 19.4 Å². The molecule has 122 valence electrons. The van der Waals surface area contributed by atoms with Gasteiger partial charge in [0.15, 0.2) is 0 Å². The maximum Gasteiger partial charge on any atom is 0.227 e. The first kappa shape index (κ1) is 16.6. The van der Waals surface area contributed by atoms with E-state index in [0.717, 1.165) is 14.7 Å². The highest BCUT2D eigenvalue weighted by atomic mass is 127. The van der Waals surface area contributed by atoms with E-state index in [0.29, 0.717) is 31.1 Å². The van der Waals surface area contributed by atoms with Crippen molar-refractivity contribution >= 4 is 28.5 Å². The zero-order chi connectivity index (χ0) is 16.8. The summed E-state index contributed by atoms with van der Waals surface area (Å²) in [5.41, 5.74) is 1.91. The fourth-order valence-electron chi connectivity index (χ4n) is 2.08. The molecule has 0 atom stereocenters. The van der Waals surface area contributed by atoms with Gasteiger partial charge in [0, 0.05) is 40.9 Å². The molecule has 0 fully saturated rings. The smallest absolute Gasteiger partial charge is 0.227 e. The Balaban J connectivity index is 1.50. The molecule has 3 rings (SSSR count). The summed E-state index contributed by atoms with van der Waals surface area (Å²) in [5.74, 6) is 0.946. The Morgan fingerprint density at radius 3 is 2.62 bits per heavy atom. The number of aromatic nitrogens is 3. The van der Waals surface area contributed by atoms with Gasteiger partial charge in [0.2, 0.25) is 17.6 Å². The van der Waals surface area contributed by atoms with Gasteiger partial charge in [-0.15, -0.1) is 0 Å². The van der Waals surface area contributed by atoms with Crippen LogP contribution in [0.2, 0.25) is 0 Å². The molecule has 0 spiro atoms. The standard InChI is InChI=1S/C17H15IN4O2/c18-14-3-1-13(2-4-14)17-21-16(24-22-17)6-5-15(23)20-11-12-7-9-19-10-8-12/h1-4,7-10H,5-6,11H2,(H,20,23). The van der Waals surface area contributed by atoms with Gasteiger partial charge in [-0.25, -0.2) is 0 Å². The fourth-order valence-corrected chi connectivity index (χ4v) is 2.44. The average molecular weight is 434 g/mol. The Morgan fingerprint density at radius 1 is 1.12 bits per heavy atom. The van der Waals surface area contributed by atoms with Gasteiger partial charge < -0.3 is 9.84 Å². The quantitative estimate of drug-likeness (QED) is 0.604. The van der Waals surface area contributed by atoms with Gasteiger partial charge in [0.25, 0.3) is 0 Å². The number of carbonyl (C=O) groups excluding carboxylic acids is 1. The van der Waals surface area contributed by atoms with Crippen molar-refractivity contribution in [3.8, 4) is 11.4 Å². The molecule has 24 heavy (non-hydrogen) atoms. The van der Waals surface area contributed by atoms with E-state index in [1.54, 1.807) is 12.4 Å². The molecular formula is C17H15IN4O2. The topological polar surface area (TPSA) is 80.9 Å². The predicted molar refractivity (Wildman–Crippen MR) is 96.9 cm³/mol. The van der Waals surface area contributed by atoms with Crippen molar-refractivity contribution in [2.24, 2.45) is 0 Å². The molecule has 0 aliphatic carbocycles. The van der Waals surface area contributed by atoms with Crippen LogP contribution in [0, 0.1) is 3.57 Å². The van der Waals surface area contributed by atoms with E-state index in [1.807, 2.05) is 36.4 Å². The lowest BCUT2D eigenvalue weighted by Crippen LogP contribution is -2.23. The Bertz CT molecular complexity index is 803. The molecule has 1 aromatic carbocycles. The zero-order valence-corrected chi connectivity index (χ0v) is 14.9. The van der Waals surface area contributed by atoms with E-state index in [1.165, 1.54) is 0 Å². The summed E-state index contributed by atoms with van der Waals surface area (Å²) in [6, 6.07) is 11.6. The number of carbonyl (C=O) groups is 1. The van der Waals surface area contributed by atoms with Crippen molar-refractivity contribution in [1.29, 1.82) is 0 Å². The zero-order valence-electron chi connectivity index (χ0n) is 12.8. The minimum Gasteiger partial charge on any atom is -0.352 e.